The maximum absolute atomic E-state index is 4.99. The smallest absolute Gasteiger partial charge is 0.0589 e. The molecule has 0 atom stereocenters. The molecule has 3 nitrogen and oxygen atoms in total. The summed E-state index contributed by atoms with van der Waals surface area (Å²) in [6.45, 7) is 4.17. The van der Waals surface area contributed by atoms with Crippen LogP contribution in [0.4, 0.5) is 0 Å². The Hall–Kier alpha value is -0.120. The van der Waals surface area contributed by atoms with Gasteiger partial charge in [0.1, 0.15) is 0 Å². The lowest BCUT2D eigenvalue weighted by Crippen LogP contribution is -2.24. The highest BCUT2D eigenvalue weighted by Gasteiger charge is 1.96. The van der Waals surface area contributed by atoms with Crippen molar-refractivity contribution in [2.75, 3.05) is 47.4 Å². The number of ether oxygens (including phenoxy) is 1. The molecule has 74 valence electrons. The summed E-state index contributed by atoms with van der Waals surface area (Å²) in [6.07, 6.45) is 2.52. The second-order valence-corrected chi connectivity index (χ2v) is 3.11. The number of nitrogens with zero attached hydrogens (tertiary/aromatic N) is 1. The highest BCUT2D eigenvalue weighted by Crippen LogP contribution is 1.91. The van der Waals surface area contributed by atoms with E-state index in [2.05, 4.69) is 17.3 Å². The van der Waals surface area contributed by atoms with Crippen LogP contribution in [0, 0.1) is 0 Å². The number of nitrogens with one attached hydrogen (secondary N) is 1. The summed E-state index contributed by atoms with van der Waals surface area (Å²) in [5.41, 5.74) is 0. The van der Waals surface area contributed by atoms with Crippen LogP contribution >= 0.6 is 0 Å². The van der Waals surface area contributed by atoms with Gasteiger partial charge in [0.15, 0.2) is 0 Å². The van der Waals surface area contributed by atoms with Crippen LogP contribution in [0.2, 0.25) is 0 Å². The van der Waals surface area contributed by atoms with E-state index in [0.29, 0.717) is 0 Å². The molecule has 1 N–H and O–H groups in total. The molecule has 0 unspecified atom stereocenters. The molecule has 3 heteroatoms. The van der Waals surface area contributed by atoms with Gasteiger partial charge >= 0.3 is 0 Å². The number of hydrogen-bond donors (Lipinski definition) is 1. The van der Waals surface area contributed by atoms with Gasteiger partial charge in [-0.2, -0.15) is 0 Å². The summed E-state index contributed by atoms with van der Waals surface area (Å²) in [5, 5.41) is 3.14. The van der Waals surface area contributed by atoms with Gasteiger partial charge in [0.05, 0.1) is 6.61 Å². The van der Waals surface area contributed by atoms with Gasteiger partial charge in [-0.3, -0.25) is 0 Å². The van der Waals surface area contributed by atoms with Gasteiger partial charge in [-0.15, -0.1) is 0 Å². The summed E-state index contributed by atoms with van der Waals surface area (Å²) >= 11 is 0. The van der Waals surface area contributed by atoms with E-state index in [1.54, 1.807) is 7.11 Å². The fraction of sp³-hybridized carbons (Fsp3) is 1.00. The Morgan fingerprint density at radius 3 is 2.58 bits per heavy atom. The molecule has 0 aliphatic carbocycles. The van der Waals surface area contributed by atoms with Gasteiger partial charge in [0, 0.05) is 13.7 Å². The van der Waals surface area contributed by atoms with Gasteiger partial charge in [-0.05, 0) is 40.0 Å². The number of likely N-dealkylation sites (N-methyl/N-ethyl adjacent to an activating group) is 1. The number of rotatable bonds is 8. The number of unbranched alkanes of at least 4 members (excludes halogenated alkanes) is 1. The van der Waals surface area contributed by atoms with Gasteiger partial charge in [-0.1, -0.05) is 0 Å². The first-order valence-electron chi connectivity index (χ1n) is 4.63. The maximum Gasteiger partial charge on any atom is 0.0589 e. The Morgan fingerprint density at radius 1 is 1.25 bits per heavy atom. The molecule has 0 heterocycles. The zero-order chi connectivity index (χ0) is 9.23. The molecule has 0 aliphatic heterocycles. The van der Waals surface area contributed by atoms with Crippen LogP contribution in [0.15, 0.2) is 0 Å². The van der Waals surface area contributed by atoms with Crippen molar-refractivity contribution in [2.45, 2.75) is 12.8 Å². The first kappa shape index (κ1) is 11.9. The second kappa shape index (κ2) is 8.97. The van der Waals surface area contributed by atoms with Crippen LogP contribution in [0.5, 0.6) is 0 Å². The van der Waals surface area contributed by atoms with Gasteiger partial charge in [0.2, 0.25) is 0 Å². The first-order chi connectivity index (χ1) is 5.81. The quantitative estimate of drug-likeness (QED) is 0.544. The average Bonchev–Trinajstić information content (AvgIpc) is 2.09. The van der Waals surface area contributed by atoms with E-state index in [0.717, 1.165) is 19.7 Å². The maximum atomic E-state index is 4.99. The third-order valence-corrected chi connectivity index (χ3v) is 1.89. The highest BCUT2D eigenvalue weighted by atomic mass is 16.5. The fourth-order valence-corrected chi connectivity index (χ4v) is 1.04. The van der Waals surface area contributed by atoms with E-state index in [-0.39, 0.29) is 0 Å². The zero-order valence-electron chi connectivity index (χ0n) is 8.60. The first-order valence-corrected chi connectivity index (χ1v) is 4.63. The monoisotopic (exact) mass is 174 g/mol. The minimum absolute atomic E-state index is 0.836. The van der Waals surface area contributed by atoms with Gasteiger partial charge < -0.3 is 15.0 Å². The van der Waals surface area contributed by atoms with Crippen molar-refractivity contribution in [3.63, 3.8) is 0 Å². The molecule has 0 saturated heterocycles. The van der Waals surface area contributed by atoms with Crippen LogP contribution < -0.4 is 5.32 Å². The standard InChI is InChI=1S/C9H22N2O/c1-10-6-4-5-7-11(2)8-9-12-3/h10H,4-9H2,1-3H3. The molecule has 0 spiro atoms. The molecular formula is C9H22N2O. The Kier molecular flexibility index (Phi) is 8.88. The van der Waals surface area contributed by atoms with E-state index in [4.69, 9.17) is 4.74 Å². The predicted molar refractivity (Wildman–Crippen MR) is 52.5 cm³/mol. The third-order valence-electron chi connectivity index (χ3n) is 1.89. The minimum Gasteiger partial charge on any atom is -0.383 e. The second-order valence-electron chi connectivity index (χ2n) is 3.11. The lowest BCUT2D eigenvalue weighted by molar-refractivity contribution is 0.160. The molecule has 0 aliphatic rings. The van der Waals surface area contributed by atoms with Crippen molar-refractivity contribution >= 4 is 0 Å². The molecule has 0 amide bonds. The lowest BCUT2D eigenvalue weighted by Gasteiger charge is -2.15. The van der Waals surface area contributed by atoms with Crippen molar-refractivity contribution in [1.82, 2.24) is 10.2 Å². The van der Waals surface area contributed by atoms with Gasteiger partial charge in [0.25, 0.3) is 0 Å². The summed E-state index contributed by atoms with van der Waals surface area (Å²) in [4.78, 5) is 2.30. The Labute approximate surface area is 76.1 Å². The topological polar surface area (TPSA) is 24.5 Å². The molecule has 0 rings (SSSR count). The fourth-order valence-electron chi connectivity index (χ4n) is 1.04. The van der Waals surface area contributed by atoms with Crippen LogP contribution in [0.1, 0.15) is 12.8 Å². The zero-order valence-corrected chi connectivity index (χ0v) is 8.60. The van der Waals surface area contributed by atoms with Gasteiger partial charge in [-0.25, -0.2) is 0 Å². The largest absolute Gasteiger partial charge is 0.383 e. The predicted octanol–water partition coefficient (Wildman–Crippen LogP) is 0.564. The van der Waals surface area contributed by atoms with Crippen LogP contribution in [-0.4, -0.2) is 52.3 Å². The van der Waals surface area contributed by atoms with Crippen molar-refractivity contribution in [1.29, 1.82) is 0 Å². The highest BCUT2D eigenvalue weighted by molar-refractivity contribution is 4.51. The Bertz CT molecular complexity index is 88.6. The normalized spacial score (nSPS) is 11.0. The number of hydrogen-bond acceptors (Lipinski definition) is 3. The van der Waals surface area contributed by atoms with E-state index in [9.17, 15) is 0 Å². The third kappa shape index (κ3) is 7.98. The molecular weight excluding hydrogens is 152 g/mol. The molecule has 0 aromatic heterocycles. The summed E-state index contributed by atoms with van der Waals surface area (Å²) in [6, 6.07) is 0. The van der Waals surface area contributed by atoms with Crippen LogP contribution in [-0.2, 0) is 4.74 Å². The molecule has 0 aromatic carbocycles. The van der Waals surface area contributed by atoms with Crippen LogP contribution in [0.25, 0.3) is 0 Å². The molecule has 0 aromatic rings. The Morgan fingerprint density at radius 2 is 2.00 bits per heavy atom. The summed E-state index contributed by atoms with van der Waals surface area (Å²) in [7, 11) is 5.88. The SMILES string of the molecule is CNCCCCN(C)CCOC. The summed E-state index contributed by atoms with van der Waals surface area (Å²) in [5.74, 6) is 0. The summed E-state index contributed by atoms with van der Waals surface area (Å²) < 4.78 is 4.99. The van der Waals surface area contributed by atoms with Crippen molar-refractivity contribution in [3.05, 3.63) is 0 Å². The van der Waals surface area contributed by atoms with E-state index < -0.39 is 0 Å². The average molecular weight is 174 g/mol. The van der Waals surface area contributed by atoms with Crippen LogP contribution in [0.3, 0.4) is 0 Å². The van der Waals surface area contributed by atoms with E-state index >= 15 is 0 Å². The molecule has 12 heavy (non-hydrogen) atoms. The Balaban J connectivity index is 3.02. The van der Waals surface area contributed by atoms with E-state index in [1.165, 1.54) is 19.4 Å². The lowest BCUT2D eigenvalue weighted by atomic mass is 10.3. The van der Waals surface area contributed by atoms with Crippen molar-refractivity contribution in [3.8, 4) is 0 Å². The van der Waals surface area contributed by atoms with E-state index in [1.807, 2.05) is 7.05 Å². The molecule has 0 fully saturated rings. The van der Waals surface area contributed by atoms with Crippen molar-refractivity contribution in [2.24, 2.45) is 0 Å². The minimum atomic E-state index is 0.836. The number of methoxy groups -OCH3 is 1. The molecule has 0 bridgehead atoms. The molecule has 0 radical (unpaired) electrons. The van der Waals surface area contributed by atoms with Crippen molar-refractivity contribution < 1.29 is 4.74 Å². The molecule has 0 saturated carbocycles.